The Labute approximate surface area is 101 Å². The smallest absolute Gasteiger partial charge is 0.223 e. The van der Waals surface area contributed by atoms with Crippen LogP contribution >= 0.6 is 0 Å². The fourth-order valence-corrected chi connectivity index (χ4v) is 2.31. The minimum atomic E-state index is 0.0141. The summed E-state index contributed by atoms with van der Waals surface area (Å²) in [5.74, 6) is 1.43. The number of piperidine rings is 1. The summed E-state index contributed by atoms with van der Waals surface area (Å²) in [6, 6.07) is 0.0141. The van der Waals surface area contributed by atoms with Gasteiger partial charge in [0.05, 0.1) is 6.04 Å². The number of likely N-dealkylation sites (tertiary alicyclic amines) is 1. The largest absolute Gasteiger partial charge is 0.340 e. The second-order valence-electron chi connectivity index (χ2n) is 4.52. The zero-order valence-corrected chi connectivity index (χ0v) is 10.5. The second-order valence-corrected chi connectivity index (χ2v) is 4.52. The minimum Gasteiger partial charge on any atom is -0.340 e. The van der Waals surface area contributed by atoms with Gasteiger partial charge in [0.1, 0.15) is 0 Å². The second kappa shape index (κ2) is 5.29. The molecule has 1 aliphatic heterocycles. The van der Waals surface area contributed by atoms with E-state index in [2.05, 4.69) is 10.1 Å². The average Bonchev–Trinajstić information content (AvgIpc) is 2.76. The van der Waals surface area contributed by atoms with Gasteiger partial charge in [0, 0.05) is 19.9 Å². The third-order valence-electron chi connectivity index (χ3n) is 3.13. The Kier molecular flexibility index (Phi) is 3.76. The number of hydrogen-bond acceptors (Lipinski definition) is 4. The van der Waals surface area contributed by atoms with Gasteiger partial charge < -0.3 is 9.42 Å². The molecule has 2 heterocycles. The summed E-state index contributed by atoms with van der Waals surface area (Å²) in [5.41, 5.74) is 0. The maximum absolute atomic E-state index is 12.0. The van der Waals surface area contributed by atoms with Crippen LogP contribution in [0.4, 0.5) is 0 Å². The van der Waals surface area contributed by atoms with Crippen molar-refractivity contribution in [2.45, 2.75) is 52.0 Å². The highest BCUT2D eigenvalue weighted by atomic mass is 16.5. The number of rotatable bonds is 3. The first-order chi connectivity index (χ1) is 8.22. The lowest BCUT2D eigenvalue weighted by Crippen LogP contribution is -2.38. The van der Waals surface area contributed by atoms with Crippen LogP contribution in [0.3, 0.4) is 0 Å². The molecule has 5 nitrogen and oxygen atoms in total. The van der Waals surface area contributed by atoms with Crippen LogP contribution in [0.25, 0.3) is 0 Å². The molecule has 0 N–H and O–H groups in total. The monoisotopic (exact) mass is 237 g/mol. The van der Waals surface area contributed by atoms with Gasteiger partial charge in [-0.1, -0.05) is 12.1 Å². The lowest BCUT2D eigenvalue weighted by molar-refractivity contribution is -0.135. The van der Waals surface area contributed by atoms with Crippen LogP contribution in [-0.2, 0) is 4.79 Å². The van der Waals surface area contributed by atoms with E-state index in [4.69, 9.17) is 4.52 Å². The highest BCUT2D eigenvalue weighted by molar-refractivity contribution is 5.76. The van der Waals surface area contributed by atoms with Crippen molar-refractivity contribution in [2.24, 2.45) is 0 Å². The molecular formula is C12H19N3O2. The van der Waals surface area contributed by atoms with Gasteiger partial charge in [-0.2, -0.15) is 4.98 Å². The Hall–Kier alpha value is -1.39. The van der Waals surface area contributed by atoms with Crippen molar-refractivity contribution in [3.8, 4) is 0 Å². The van der Waals surface area contributed by atoms with E-state index in [0.717, 1.165) is 32.2 Å². The zero-order chi connectivity index (χ0) is 12.3. The summed E-state index contributed by atoms with van der Waals surface area (Å²) < 4.78 is 5.01. The van der Waals surface area contributed by atoms with Gasteiger partial charge in [-0.15, -0.1) is 0 Å². The van der Waals surface area contributed by atoms with E-state index in [1.807, 2.05) is 11.8 Å². The number of aryl methyl sites for hydroxylation is 1. The molecular weight excluding hydrogens is 218 g/mol. The number of nitrogens with zero attached hydrogens (tertiary/aromatic N) is 3. The van der Waals surface area contributed by atoms with Gasteiger partial charge in [0.2, 0.25) is 11.8 Å². The van der Waals surface area contributed by atoms with Crippen molar-refractivity contribution in [3.63, 3.8) is 0 Å². The number of amides is 1. The van der Waals surface area contributed by atoms with Crippen LogP contribution in [0.2, 0.25) is 0 Å². The summed E-state index contributed by atoms with van der Waals surface area (Å²) in [6.45, 7) is 4.62. The molecule has 1 atom stereocenters. The van der Waals surface area contributed by atoms with Crippen molar-refractivity contribution in [1.82, 2.24) is 15.0 Å². The van der Waals surface area contributed by atoms with E-state index < -0.39 is 0 Å². The van der Waals surface area contributed by atoms with Gasteiger partial charge in [-0.3, -0.25) is 4.79 Å². The van der Waals surface area contributed by atoms with Crippen LogP contribution in [0, 0.1) is 6.92 Å². The molecule has 2 rings (SSSR count). The van der Waals surface area contributed by atoms with Crippen LogP contribution in [-0.4, -0.2) is 27.5 Å². The van der Waals surface area contributed by atoms with Crippen molar-refractivity contribution in [1.29, 1.82) is 0 Å². The minimum absolute atomic E-state index is 0.0141. The van der Waals surface area contributed by atoms with Crippen molar-refractivity contribution >= 4 is 5.91 Å². The van der Waals surface area contributed by atoms with E-state index in [9.17, 15) is 4.79 Å². The third-order valence-corrected chi connectivity index (χ3v) is 3.13. The summed E-state index contributed by atoms with van der Waals surface area (Å²) in [6.07, 6.45) is 4.62. The van der Waals surface area contributed by atoms with Crippen molar-refractivity contribution < 1.29 is 9.32 Å². The average molecular weight is 237 g/mol. The third kappa shape index (κ3) is 2.65. The Morgan fingerprint density at radius 3 is 3.00 bits per heavy atom. The summed E-state index contributed by atoms with van der Waals surface area (Å²) in [5, 5.41) is 3.95. The molecule has 1 amide bonds. The molecule has 17 heavy (non-hydrogen) atoms. The molecule has 1 fully saturated rings. The number of aromatic nitrogens is 2. The quantitative estimate of drug-likeness (QED) is 0.808. The molecule has 1 saturated heterocycles. The van der Waals surface area contributed by atoms with E-state index >= 15 is 0 Å². The summed E-state index contributed by atoms with van der Waals surface area (Å²) in [7, 11) is 0. The lowest BCUT2D eigenvalue weighted by Gasteiger charge is -2.33. The highest BCUT2D eigenvalue weighted by Crippen LogP contribution is 2.29. The van der Waals surface area contributed by atoms with Gasteiger partial charge >= 0.3 is 0 Å². The van der Waals surface area contributed by atoms with Crippen LogP contribution in [0.1, 0.15) is 56.8 Å². The first kappa shape index (κ1) is 12.1. The number of hydrogen-bond donors (Lipinski definition) is 0. The lowest BCUT2D eigenvalue weighted by atomic mass is 10.0. The fourth-order valence-electron chi connectivity index (χ4n) is 2.31. The molecule has 1 aliphatic rings. The van der Waals surface area contributed by atoms with Crippen molar-refractivity contribution in [2.75, 3.05) is 6.54 Å². The van der Waals surface area contributed by atoms with Crippen LogP contribution < -0.4 is 0 Å². The SMILES string of the molecule is CCCC(=O)N1CCCC[C@@H]1c1noc(C)n1. The predicted molar refractivity (Wildman–Crippen MR) is 62.2 cm³/mol. The van der Waals surface area contributed by atoms with Gasteiger partial charge in [-0.05, 0) is 25.7 Å². The first-order valence-corrected chi connectivity index (χ1v) is 6.32. The molecule has 0 aliphatic carbocycles. The van der Waals surface area contributed by atoms with Gasteiger partial charge in [-0.25, -0.2) is 0 Å². The van der Waals surface area contributed by atoms with E-state index in [1.54, 1.807) is 6.92 Å². The molecule has 0 spiro atoms. The standard InChI is InChI=1S/C12H19N3O2/c1-3-6-11(16)15-8-5-4-7-10(15)12-13-9(2)17-14-12/h10H,3-8H2,1-2H3/t10-/m1/s1. The van der Waals surface area contributed by atoms with Crippen molar-refractivity contribution in [3.05, 3.63) is 11.7 Å². The zero-order valence-electron chi connectivity index (χ0n) is 10.5. The summed E-state index contributed by atoms with van der Waals surface area (Å²) in [4.78, 5) is 18.2. The molecule has 0 radical (unpaired) electrons. The Morgan fingerprint density at radius 1 is 1.53 bits per heavy atom. The predicted octanol–water partition coefficient (Wildman–Crippen LogP) is 2.23. The maximum Gasteiger partial charge on any atom is 0.223 e. The first-order valence-electron chi connectivity index (χ1n) is 6.32. The van der Waals surface area contributed by atoms with Gasteiger partial charge in [0.15, 0.2) is 5.82 Å². The van der Waals surface area contributed by atoms with Crippen LogP contribution in [0.5, 0.6) is 0 Å². The highest BCUT2D eigenvalue weighted by Gasteiger charge is 2.30. The van der Waals surface area contributed by atoms with Crippen LogP contribution in [0.15, 0.2) is 4.52 Å². The maximum atomic E-state index is 12.0. The molecule has 94 valence electrons. The fraction of sp³-hybridized carbons (Fsp3) is 0.750. The van der Waals surface area contributed by atoms with Gasteiger partial charge in [0.25, 0.3) is 0 Å². The van der Waals surface area contributed by atoms with E-state index in [-0.39, 0.29) is 11.9 Å². The Morgan fingerprint density at radius 2 is 2.35 bits per heavy atom. The molecule has 0 saturated carbocycles. The Bertz CT molecular complexity index is 389. The topological polar surface area (TPSA) is 59.2 Å². The summed E-state index contributed by atoms with van der Waals surface area (Å²) >= 11 is 0. The number of carbonyl (C=O) groups excluding carboxylic acids is 1. The molecule has 1 aromatic heterocycles. The normalized spacial score (nSPS) is 20.6. The van der Waals surface area contributed by atoms with E-state index in [1.165, 1.54) is 0 Å². The molecule has 0 bridgehead atoms. The number of carbonyl (C=O) groups is 1. The molecule has 1 aromatic rings. The molecule has 5 heteroatoms. The molecule has 0 aromatic carbocycles. The molecule has 0 unspecified atom stereocenters. The van der Waals surface area contributed by atoms with E-state index in [0.29, 0.717) is 18.1 Å². The Balaban J connectivity index is 2.14.